The van der Waals surface area contributed by atoms with Crippen molar-refractivity contribution in [1.29, 1.82) is 0 Å². The van der Waals surface area contributed by atoms with E-state index in [4.69, 9.17) is 37.6 Å². The normalized spacial score (nSPS) is 36.6. The Labute approximate surface area is 293 Å². The molecule has 52 heavy (non-hydrogen) atoms. The number of aliphatic hydroxyl groups is 8. The van der Waals surface area contributed by atoms with Gasteiger partial charge in [0.2, 0.25) is 17.5 Å². The summed E-state index contributed by atoms with van der Waals surface area (Å²) >= 11 is 0. The summed E-state index contributed by atoms with van der Waals surface area (Å²) in [6.45, 7) is -0.637. The van der Waals surface area contributed by atoms with Crippen LogP contribution < -0.4 is 14.9 Å². The lowest BCUT2D eigenvalue weighted by atomic mass is 9.97. The van der Waals surface area contributed by atoms with E-state index >= 15 is 0 Å². The van der Waals surface area contributed by atoms with Gasteiger partial charge in [0.25, 0.3) is 0 Å². The first-order chi connectivity index (χ1) is 24.7. The highest BCUT2D eigenvalue weighted by atomic mass is 16.7. The van der Waals surface area contributed by atoms with Crippen molar-refractivity contribution in [3.05, 3.63) is 46.6 Å². The Morgan fingerprint density at radius 2 is 1.60 bits per heavy atom. The third-order valence-electron chi connectivity index (χ3n) is 9.25. The third-order valence-corrected chi connectivity index (χ3v) is 9.25. The van der Waals surface area contributed by atoms with E-state index in [1.54, 1.807) is 0 Å². The van der Waals surface area contributed by atoms with E-state index in [1.165, 1.54) is 44.4 Å². The SMILES string of the molecule is COc1cc(O)c2c(=O)c(O[C@@H]3OC(CO[C@@H]4OCC(O)(CO)[C@@H]4O)[C@@H](O)[C@H](O[C@@H]4OC(C)[C@H](O)C(O)[C@@H]4O)C3O)c(-c3ccc(O)cc3)oc2c1. The van der Waals surface area contributed by atoms with Crippen LogP contribution in [0.1, 0.15) is 6.92 Å². The highest BCUT2D eigenvalue weighted by molar-refractivity contribution is 5.88. The molecule has 3 aromatic rings. The molecule has 3 aliphatic rings. The zero-order chi connectivity index (χ0) is 37.6. The van der Waals surface area contributed by atoms with Crippen LogP contribution >= 0.6 is 0 Å². The van der Waals surface area contributed by atoms with Gasteiger partial charge in [-0.05, 0) is 31.2 Å². The molecule has 2 aromatic carbocycles. The smallest absolute Gasteiger partial charge is 0.239 e. The van der Waals surface area contributed by atoms with E-state index < -0.39 is 116 Å². The minimum Gasteiger partial charge on any atom is -0.508 e. The number of methoxy groups -OCH3 is 1. The monoisotopic (exact) mass is 740 g/mol. The Morgan fingerprint density at radius 1 is 0.885 bits per heavy atom. The fourth-order valence-electron chi connectivity index (χ4n) is 6.10. The summed E-state index contributed by atoms with van der Waals surface area (Å²) in [4.78, 5) is 14.0. The minimum atomic E-state index is -2.05. The standard InChI is InChI=1S/C33H40O19/c1-12-20(37)23(40)24(41)30(48-12)51-27-21(38)18(9-46-32-29(43)33(44,10-34)11-47-32)50-31(25(27)42)52-28-22(39)19-16(36)7-15(45-2)8-17(19)49-26(28)13-3-5-14(35)6-4-13/h3-8,12,18,20-21,23-25,27,29-32,34-38,40-44H,9-11H2,1-2H3/t12?,18?,20-,21+,23?,24-,25?,27-,29+,30-,31-,32+,33?/m0/s1. The number of ether oxygens (including phenoxy) is 7. The van der Waals surface area contributed by atoms with Crippen LogP contribution in [0.25, 0.3) is 22.3 Å². The van der Waals surface area contributed by atoms with Gasteiger partial charge in [-0.1, -0.05) is 0 Å². The fraction of sp³-hybridized carbons (Fsp3) is 0.545. The second kappa shape index (κ2) is 15.0. The first-order valence-electron chi connectivity index (χ1n) is 16.1. The van der Waals surface area contributed by atoms with Crippen LogP contribution in [0.15, 0.2) is 45.6 Å². The summed E-state index contributed by atoms with van der Waals surface area (Å²) in [5.41, 5.74) is -2.93. The molecule has 5 unspecified atom stereocenters. The number of fused-ring (bicyclic) bond motifs is 1. The Bertz CT molecular complexity index is 1770. The molecule has 10 N–H and O–H groups in total. The van der Waals surface area contributed by atoms with Crippen LogP contribution in [0.3, 0.4) is 0 Å². The number of rotatable bonds is 10. The predicted octanol–water partition coefficient (Wildman–Crippen LogP) is -2.62. The van der Waals surface area contributed by atoms with Crippen LogP contribution in [-0.4, -0.2) is 157 Å². The lowest BCUT2D eigenvalue weighted by Crippen LogP contribution is -2.65. The van der Waals surface area contributed by atoms with Gasteiger partial charge in [-0.3, -0.25) is 4.79 Å². The van der Waals surface area contributed by atoms with Crippen molar-refractivity contribution >= 4 is 11.0 Å². The Kier molecular flexibility index (Phi) is 11.0. The zero-order valence-corrected chi connectivity index (χ0v) is 27.7. The van der Waals surface area contributed by atoms with Gasteiger partial charge < -0.3 is 88.6 Å². The highest BCUT2D eigenvalue weighted by Gasteiger charge is 2.53. The van der Waals surface area contributed by atoms with Crippen molar-refractivity contribution in [3.8, 4) is 34.3 Å². The van der Waals surface area contributed by atoms with E-state index in [9.17, 15) is 55.9 Å². The summed E-state index contributed by atoms with van der Waals surface area (Å²) < 4.78 is 45.1. The molecule has 3 fully saturated rings. The van der Waals surface area contributed by atoms with Crippen LogP contribution in [0.5, 0.6) is 23.0 Å². The molecule has 4 heterocycles. The summed E-state index contributed by atoms with van der Waals surface area (Å²) in [6, 6.07) is 7.86. The maximum Gasteiger partial charge on any atom is 0.239 e. The van der Waals surface area contributed by atoms with Crippen molar-refractivity contribution in [3.63, 3.8) is 0 Å². The van der Waals surface area contributed by atoms with E-state index in [1.807, 2.05) is 0 Å². The molecule has 0 saturated carbocycles. The Hall–Kier alpha value is -3.67. The number of aliphatic hydroxyl groups excluding tert-OH is 7. The second-order valence-electron chi connectivity index (χ2n) is 12.8. The minimum absolute atomic E-state index is 0.121. The molecule has 0 spiro atoms. The van der Waals surface area contributed by atoms with Gasteiger partial charge in [-0.15, -0.1) is 0 Å². The molecule has 19 heteroatoms. The molecule has 3 saturated heterocycles. The summed E-state index contributed by atoms with van der Waals surface area (Å²) in [5, 5.41) is 105. The average molecular weight is 741 g/mol. The Balaban J connectivity index is 1.37. The van der Waals surface area contributed by atoms with E-state index in [-0.39, 0.29) is 33.8 Å². The number of benzene rings is 2. The summed E-state index contributed by atoms with van der Waals surface area (Å²) in [5.74, 6) is -1.38. The molecule has 19 nitrogen and oxygen atoms in total. The van der Waals surface area contributed by atoms with Gasteiger partial charge in [0.15, 0.2) is 18.3 Å². The first kappa shape index (κ1) is 38.1. The van der Waals surface area contributed by atoms with Crippen LogP contribution in [0.4, 0.5) is 0 Å². The molecule has 1 aromatic heterocycles. The van der Waals surface area contributed by atoms with Crippen LogP contribution in [0, 0.1) is 0 Å². The van der Waals surface area contributed by atoms with Gasteiger partial charge >= 0.3 is 0 Å². The van der Waals surface area contributed by atoms with Gasteiger partial charge in [0.05, 0.1) is 33.0 Å². The van der Waals surface area contributed by atoms with Gasteiger partial charge in [-0.25, -0.2) is 0 Å². The maximum atomic E-state index is 14.0. The zero-order valence-electron chi connectivity index (χ0n) is 27.7. The molecule has 0 amide bonds. The van der Waals surface area contributed by atoms with Crippen molar-refractivity contribution in [2.45, 2.75) is 86.3 Å². The summed E-state index contributed by atoms with van der Waals surface area (Å²) in [6.07, 6.45) is -20.3. The molecule has 6 rings (SSSR count). The molecule has 13 atom stereocenters. The molecule has 0 aliphatic carbocycles. The third kappa shape index (κ3) is 7.03. The van der Waals surface area contributed by atoms with Crippen molar-refractivity contribution in [2.75, 3.05) is 26.9 Å². The quantitative estimate of drug-likeness (QED) is 0.102. The van der Waals surface area contributed by atoms with Crippen LogP contribution in [0.2, 0.25) is 0 Å². The van der Waals surface area contributed by atoms with Crippen molar-refractivity contribution in [2.24, 2.45) is 0 Å². The van der Waals surface area contributed by atoms with E-state index in [2.05, 4.69) is 0 Å². The van der Waals surface area contributed by atoms with E-state index in [0.717, 1.165) is 6.07 Å². The lowest BCUT2D eigenvalue weighted by molar-refractivity contribution is -0.352. The second-order valence-corrected chi connectivity index (χ2v) is 12.8. The Morgan fingerprint density at radius 3 is 2.25 bits per heavy atom. The highest BCUT2D eigenvalue weighted by Crippen LogP contribution is 2.38. The maximum absolute atomic E-state index is 14.0. The number of aromatic hydroxyl groups is 2. The fourth-order valence-corrected chi connectivity index (χ4v) is 6.10. The lowest BCUT2D eigenvalue weighted by Gasteiger charge is -2.46. The molecule has 0 radical (unpaired) electrons. The predicted molar refractivity (Wildman–Crippen MR) is 170 cm³/mol. The van der Waals surface area contributed by atoms with Gasteiger partial charge in [0, 0.05) is 17.7 Å². The van der Waals surface area contributed by atoms with Crippen LogP contribution in [-0.2, 0) is 23.7 Å². The van der Waals surface area contributed by atoms with Gasteiger partial charge in [-0.2, -0.15) is 0 Å². The largest absolute Gasteiger partial charge is 0.508 e. The number of phenols is 2. The molecule has 0 bridgehead atoms. The number of hydrogen-bond acceptors (Lipinski definition) is 19. The molecular weight excluding hydrogens is 700 g/mol. The van der Waals surface area contributed by atoms with Crippen molar-refractivity contribution in [1.82, 2.24) is 0 Å². The first-order valence-corrected chi connectivity index (χ1v) is 16.1. The summed E-state index contributed by atoms with van der Waals surface area (Å²) in [7, 11) is 1.33. The van der Waals surface area contributed by atoms with Crippen molar-refractivity contribution < 1.29 is 88.6 Å². The number of phenolic OH excluding ortho intramolecular Hbond substituents is 2. The molecule has 286 valence electrons. The molecule has 3 aliphatic heterocycles. The molecular formula is C33H40O19. The average Bonchev–Trinajstić information content (AvgIpc) is 3.42. The topological polar surface area (TPSA) is 297 Å². The van der Waals surface area contributed by atoms with Gasteiger partial charge in [0.1, 0.15) is 82.7 Å². The number of hydrogen-bond donors (Lipinski definition) is 10. The van der Waals surface area contributed by atoms with E-state index in [0.29, 0.717) is 0 Å².